The first kappa shape index (κ1) is 16.3. The first-order valence-electron chi connectivity index (χ1n) is 8.63. The molecule has 2 fully saturated rings. The Kier molecular flexibility index (Phi) is 5.51. The van der Waals surface area contributed by atoms with Crippen LogP contribution in [0.15, 0.2) is 30.3 Å². The molecule has 0 bridgehead atoms. The van der Waals surface area contributed by atoms with Gasteiger partial charge in [-0.1, -0.05) is 30.3 Å². The zero-order chi connectivity index (χ0) is 16.1. The first-order chi connectivity index (χ1) is 11.2. The molecule has 0 aromatic heterocycles. The molecule has 2 aliphatic heterocycles. The van der Waals surface area contributed by atoms with Gasteiger partial charge in [-0.2, -0.15) is 0 Å². The smallest absolute Gasteiger partial charge is 0.317 e. The predicted octanol–water partition coefficient (Wildman–Crippen LogP) is 2.08. The maximum Gasteiger partial charge on any atom is 0.317 e. The van der Waals surface area contributed by atoms with Crippen molar-refractivity contribution in [3.8, 4) is 0 Å². The number of carbonyl (C=O) groups excluding carboxylic acids is 1. The molecule has 1 atom stereocenters. The Labute approximate surface area is 138 Å². The highest BCUT2D eigenvalue weighted by Gasteiger charge is 2.28. The van der Waals surface area contributed by atoms with Crippen LogP contribution in [0.2, 0.25) is 0 Å². The third-order valence-corrected chi connectivity index (χ3v) is 4.77. The van der Waals surface area contributed by atoms with Crippen molar-refractivity contribution < 1.29 is 9.53 Å². The summed E-state index contributed by atoms with van der Waals surface area (Å²) in [4.78, 5) is 16.9. The quantitative estimate of drug-likeness (QED) is 0.928. The van der Waals surface area contributed by atoms with Gasteiger partial charge in [0.05, 0.1) is 0 Å². The SMILES string of the molecule is C[C@@H]1CN(Cc2ccccc2)CCN1C(=O)NC1CCOCC1. The third kappa shape index (κ3) is 4.45. The van der Waals surface area contributed by atoms with Gasteiger partial charge in [-0.15, -0.1) is 0 Å². The molecule has 126 valence electrons. The second-order valence-corrected chi connectivity index (χ2v) is 6.60. The number of carbonyl (C=O) groups is 1. The number of benzene rings is 1. The first-order valence-corrected chi connectivity index (χ1v) is 8.63. The lowest BCUT2D eigenvalue weighted by molar-refractivity contribution is 0.0700. The summed E-state index contributed by atoms with van der Waals surface area (Å²) in [6.45, 7) is 7.26. The van der Waals surface area contributed by atoms with E-state index in [1.54, 1.807) is 0 Å². The molecule has 2 saturated heterocycles. The minimum Gasteiger partial charge on any atom is -0.381 e. The number of hydrogen-bond donors (Lipinski definition) is 1. The second-order valence-electron chi connectivity index (χ2n) is 6.60. The summed E-state index contributed by atoms with van der Waals surface area (Å²) in [6.07, 6.45) is 1.85. The molecule has 1 aromatic carbocycles. The lowest BCUT2D eigenvalue weighted by Gasteiger charge is -2.40. The van der Waals surface area contributed by atoms with E-state index in [4.69, 9.17) is 4.74 Å². The number of ether oxygens (including phenoxy) is 1. The Morgan fingerprint density at radius 2 is 1.96 bits per heavy atom. The molecular weight excluding hydrogens is 290 g/mol. The molecule has 0 radical (unpaired) electrons. The zero-order valence-electron chi connectivity index (χ0n) is 13.9. The minimum absolute atomic E-state index is 0.0868. The Balaban J connectivity index is 1.48. The Morgan fingerprint density at radius 3 is 2.65 bits per heavy atom. The normalized spacial score (nSPS) is 23.7. The molecular formula is C18H27N3O2. The van der Waals surface area contributed by atoms with Crippen LogP contribution in [0.5, 0.6) is 0 Å². The monoisotopic (exact) mass is 317 g/mol. The van der Waals surface area contributed by atoms with Gasteiger partial charge in [-0.25, -0.2) is 4.79 Å². The molecule has 2 heterocycles. The zero-order valence-corrected chi connectivity index (χ0v) is 13.9. The van der Waals surface area contributed by atoms with Crippen molar-refractivity contribution in [3.63, 3.8) is 0 Å². The minimum atomic E-state index is 0.0868. The fourth-order valence-electron chi connectivity index (χ4n) is 3.42. The van der Waals surface area contributed by atoms with Crippen molar-refractivity contribution in [2.24, 2.45) is 0 Å². The maximum absolute atomic E-state index is 12.5. The fraction of sp³-hybridized carbons (Fsp3) is 0.611. The molecule has 5 heteroatoms. The summed E-state index contributed by atoms with van der Waals surface area (Å²) < 4.78 is 5.35. The molecule has 2 aliphatic rings. The predicted molar refractivity (Wildman–Crippen MR) is 90.3 cm³/mol. The van der Waals surface area contributed by atoms with E-state index in [0.29, 0.717) is 0 Å². The van der Waals surface area contributed by atoms with Crippen LogP contribution < -0.4 is 5.32 Å². The van der Waals surface area contributed by atoms with E-state index >= 15 is 0 Å². The molecule has 0 spiro atoms. The average molecular weight is 317 g/mol. The largest absolute Gasteiger partial charge is 0.381 e. The summed E-state index contributed by atoms with van der Waals surface area (Å²) >= 11 is 0. The molecule has 1 aromatic rings. The van der Waals surface area contributed by atoms with Gasteiger partial charge in [0, 0.05) is 51.5 Å². The van der Waals surface area contributed by atoms with Gasteiger partial charge < -0.3 is 15.0 Å². The molecule has 0 unspecified atom stereocenters. The van der Waals surface area contributed by atoms with Gasteiger partial charge in [0.15, 0.2) is 0 Å². The Hall–Kier alpha value is -1.59. The van der Waals surface area contributed by atoms with Gasteiger partial charge in [-0.05, 0) is 25.3 Å². The van der Waals surface area contributed by atoms with Gasteiger partial charge in [0.25, 0.3) is 0 Å². The van der Waals surface area contributed by atoms with E-state index < -0.39 is 0 Å². The number of piperazine rings is 1. The van der Waals surface area contributed by atoms with Gasteiger partial charge in [0.1, 0.15) is 0 Å². The molecule has 5 nitrogen and oxygen atoms in total. The third-order valence-electron chi connectivity index (χ3n) is 4.77. The van der Waals surface area contributed by atoms with Crippen molar-refractivity contribution in [1.82, 2.24) is 15.1 Å². The summed E-state index contributed by atoms with van der Waals surface area (Å²) in [5, 5.41) is 3.17. The van der Waals surface area contributed by atoms with Crippen LogP contribution in [0.4, 0.5) is 4.79 Å². The van der Waals surface area contributed by atoms with Crippen LogP contribution in [-0.2, 0) is 11.3 Å². The van der Waals surface area contributed by atoms with Crippen LogP contribution >= 0.6 is 0 Å². The van der Waals surface area contributed by atoms with Crippen molar-refractivity contribution in [3.05, 3.63) is 35.9 Å². The van der Waals surface area contributed by atoms with Crippen molar-refractivity contribution in [1.29, 1.82) is 0 Å². The lowest BCUT2D eigenvalue weighted by Crippen LogP contribution is -2.57. The van der Waals surface area contributed by atoms with E-state index in [0.717, 1.165) is 52.2 Å². The highest BCUT2D eigenvalue weighted by atomic mass is 16.5. The van der Waals surface area contributed by atoms with Gasteiger partial charge >= 0.3 is 6.03 Å². The lowest BCUT2D eigenvalue weighted by atomic mass is 10.1. The van der Waals surface area contributed by atoms with E-state index in [1.165, 1.54) is 5.56 Å². The average Bonchev–Trinajstić information content (AvgIpc) is 2.57. The number of rotatable bonds is 3. The van der Waals surface area contributed by atoms with Crippen molar-refractivity contribution in [2.75, 3.05) is 32.8 Å². The van der Waals surface area contributed by atoms with Crippen molar-refractivity contribution >= 4 is 6.03 Å². The number of nitrogens with one attached hydrogen (secondary N) is 1. The van der Waals surface area contributed by atoms with Crippen LogP contribution in [0, 0.1) is 0 Å². The summed E-state index contributed by atoms with van der Waals surface area (Å²) in [7, 11) is 0. The standard InChI is InChI=1S/C18H27N3O2/c1-15-13-20(14-16-5-3-2-4-6-16)9-10-21(15)18(22)19-17-7-11-23-12-8-17/h2-6,15,17H,7-14H2,1H3,(H,19,22)/t15-/m1/s1. The molecule has 2 amide bonds. The van der Waals surface area contributed by atoms with E-state index in [1.807, 2.05) is 11.0 Å². The Bertz CT molecular complexity index is 502. The Morgan fingerprint density at radius 1 is 1.22 bits per heavy atom. The molecule has 3 rings (SSSR count). The molecule has 1 N–H and O–H groups in total. The molecule has 0 aliphatic carbocycles. The summed E-state index contributed by atoms with van der Waals surface area (Å²) in [5.74, 6) is 0. The van der Waals surface area contributed by atoms with Crippen LogP contribution in [0.1, 0.15) is 25.3 Å². The van der Waals surface area contributed by atoms with E-state index in [9.17, 15) is 4.79 Å². The van der Waals surface area contributed by atoms with E-state index in [-0.39, 0.29) is 18.1 Å². The van der Waals surface area contributed by atoms with E-state index in [2.05, 4.69) is 41.4 Å². The topological polar surface area (TPSA) is 44.8 Å². The highest BCUT2D eigenvalue weighted by molar-refractivity contribution is 5.75. The second kappa shape index (κ2) is 7.79. The highest BCUT2D eigenvalue weighted by Crippen LogP contribution is 2.14. The van der Waals surface area contributed by atoms with Crippen LogP contribution in [0.3, 0.4) is 0 Å². The number of nitrogens with zero attached hydrogens (tertiary/aromatic N) is 2. The number of urea groups is 1. The number of hydrogen-bond acceptors (Lipinski definition) is 3. The van der Waals surface area contributed by atoms with Gasteiger partial charge in [0.2, 0.25) is 0 Å². The van der Waals surface area contributed by atoms with Crippen LogP contribution in [-0.4, -0.2) is 60.8 Å². The summed E-state index contributed by atoms with van der Waals surface area (Å²) in [6, 6.07) is 11.1. The fourth-order valence-corrected chi connectivity index (χ4v) is 3.42. The number of amides is 2. The van der Waals surface area contributed by atoms with Gasteiger partial charge in [-0.3, -0.25) is 4.90 Å². The summed E-state index contributed by atoms with van der Waals surface area (Å²) in [5.41, 5.74) is 1.33. The van der Waals surface area contributed by atoms with Crippen molar-refractivity contribution in [2.45, 2.75) is 38.4 Å². The molecule has 23 heavy (non-hydrogen) atoms. The van der Waals surface area contributed by atoms with Crippen LogP contribution in [0.25, 0.3) is 0 Å². The molecule has 0 saturated carbocycles. The maximum atomic E-state index is 12.5.